The molecular weight excluding hydrogens is 581 g/mol. The number of H-pyrrole nitrogens is 1. The zero-order valence-electron chi connectivity index (χ0n) is 24.6. The van der Waals surface area contributed by atoms with Gasteiger partial charge in [0.25, 0.3) is 5.91 Å². The topological polar surface area (TPSA) is 71.7 Å². The molecule has 2 aromatic carbocycles. The van der Waals surface area contributed by atoms with Crippen molar-refractivity contribution in [1.82, 2.24) is 14.8 Å². The Hall–Kier alpha value is -4.03. The lowest BCUT2D eigenvalue weighted by molar-refractivity contribution is -0.138. The van der Waals surface area contributed by atoms with Gasteiger partial charge in [-0.05, 0) is 62.7 Å². The number of carbonyl (C=O) groups excluding carboxylic acids is 1. The van der Waals surface area contributed by atoms with Crippen LogP contribution in [0.4, 0.5) is 33.3 Å². The molecule has 0 radical (unpaired) electrons. The molecule has 2 N–H and O–H groups in total. The van der Waals surface area contributed by atoms with Crippen molar-refractivity contribution in [3.05, 3.63) is 99.0 Å². The van der Waals surface area contributed by atoms with Gasteiger partial charge in [-0.1, -0.05) is 18.2 Å². The van der Waals surface area contributed by atoms with Gasteiger partial charge in [0.1, 0.15) is 11.6 Å². The van der Waals surface area contributed by atoms with Crippen LogP contribution in [0.25, 0.3) is 5.57 Å². The number of anilines is 2. The van der Waals surface area contributed by atoms with Crippen molar-refractivity contribution in [3.63, 3.8) is 0 Å². The van der Waals surface area contributed by atoms with E-state index in [0.717, 1.165) is 11.8 Å². The minimum atomic E-state index is -4.94. The number of hydrogen-bond donors (Lipinski definition) is 2. The van der Waals surface area contributed by atoms with Gasteiger partial charge in [0.15, 0.2) is 0 Å². The highest BCUT2D eigenvalue weighted by Gasteiger charge is 2.36. The third kappa shape index (κ3) is 6.86. The zero-order chi connectivity index (χ0) is 31.8. The second kappa shape index (κ2) is 12.5. The molecule has 2 atom stereocenters. The summed E-state index contributed by atoms with van der Waals surface area (Å²) in [7, 11) is 1.99. The summed E-state index contributed by atoms with van der Waals surface area (Å²) in [5, 5.41) is 2.60. The molecule has 234 valence electrons. The van der Waals surface area contributed by atoms with Crippen molar-refractivity contribution in [2.45, 2.75) is 45.1 Å². The zero-order valence-corrected chi connectivity index (χ0v) is 24.6. The van der Waals surface area contributed by atoms with Crippen LogP contribution in [0.3, 0.4) is 0 Å². The monoisotopic (exact) mass is 615 g/mol. The third-order valence-electron chi connectivity index (χ3n) is 8.47. The van der Waals surface area contributed by atoms with Crippen LogP contribution < -0.4 is 15.8 Å². The fourth-order valence-corrected chi connectivity index (χ4v) is 5.80. The lowest BCUT2D eigenvalue weighted by Gasteiger charge is -2.44. The summed E-state index contributed by atoms with van der Waals surface area (Å²) in [6.45, 7) is 6.76. The molecule has 1 aromatic heterocycles. The van der Waals surface area contributed by atoms with Gasteiger partial charge >= 0.3 is 6.18 Å². The number of halogens is 5. The minimum Gasteiger partial charge on any atom is -0.367 e. The van der Waals surface area contributed by atoms with Gasteiger partial charge in [-0.15, -0.1) is 0 Å². The number of hydrogen-bond acceptors (Lipinski definition) is 5. The summed E-state index contributed by atoms with van der Waals surface area (Å²) in [4.78, 5) is 33.4. The van der Waals surface area contributed by atoms with Crippen LogP contribution in [0.15, 0.2) is 59.5 Å². The van der Waals surface area contributed by atoms with Crippen molar-refractivity contribution >= 4 is 22.9 Å². The van der Waals surface area contributed by atoms with Crippen molar-refractivity contribution in [3.8, 4) is 0 Å². The molecule has 1 saturated heterocycles. The smallest absolute Gasteiger partial charge is 0.367 e. The first-order valence-electron chi connectivity index (χ1n) is 14.4. The Labute approximate surface area is 252 Å². The van der Waals surface area contributed by atoms with Gasteiger partial charge in [-0.3, -0.25) is 19.4 Å². The van der Waals surface area contributed by atoms with Gasteiger partial charge in [0, 0.05) is 62.6 Å². The lowest BCUT2D eigenvalue weighted by atomic mass is 9.96. The van der Waals surface area contributed by atoms with Gasteiger partial charge < -0.3 is 15.2 Å². The molecule has 1 amide bonds. The summed E-state index contributed by atoms with van der Waals surface area (Å²) in [6, 6.07) is 9.59. The third-order valence-corrected chi connectivity index (χ3v) is 8.47. The first kappa shape index (κ1) is 31.4. The van der Waals surface area contributed by atoms with E-state index in [4.69, 9.17) is 0 Å². The van der Waals surface area contributed by atoms with Crippen LogP contribution in [-0.2, 0) is 12.7 Å². The highest BCUT2D eigenvalue weighted by molar-refractivity contribution is 6.07. The van der Waals surface area contributed by atoms with E-state index < -0.39 is 34.6 Å². The van der Waals surface area contributed by atoms with Crippen LogP contribution in [-0.4, -0.2) is 66.0 Å². The summed E-state index contributed by atoms with van der Waals surface area (Å²) < 4.78 is 70.3. The first-order valence-corrected chi connectivity index (χ1v) is 14.4. The predicted octanol–water partition coefficient (Wildman–Crippen LogP) is 5.74. The van der Waals surface area contributed by atoms with Crippen LogP contribution in [0.5, 0.6) is 0 Å². The molecule has 1 unspecified atom stereocenters. The van der Waals surface area contributed by atoms with Crippen LogP contribution in [0, 0.1) is 11.6 Å². The minimum absolute atomic E-state index is 0.0919. The molecule has 0 saturated carbocycles. The van der Waals surface area contributed by atoms with Crippen molar-refractivity contribution in [2.24, 2.45) is 0 Å². The average Bonchev–Trinajstić information content (AvgIpc) is 2.97. The fourth-order valence-electron chi connectivity index (χ4n) is 5.80. The quantitative estimate of drug-likeness (QED) is 0.346. The highest BCUT2D eigenvalue weighted by atomic mass is 19.4. The second-order valence-corrected chi connectivity index (χ2v) is 11.5. The number of rotatable bonds is 6. The van der Waals surface area contributed by atoms with Crippen molar-refractivity contribution in [1.29, 1.82) is 0 Å². The number of likely N-dealkylation sites (N-methyl/N-ethyl adjacent to an activating group) is 1. The van der Waals surface area contributed by atoms with Crippen LogP contribution in [0.1, 0.15) is 47.3 Å². The molecule has 0 aliphatic carbocycles. The molecule has 44 heavy (non-hydrogen) atoms. The number of amides is 1. The Morgan fingerprint density at radius 3 is 2.34 bits per heavy atom. The molecule has 1 fully saturated rings. The largest absolute Gasteiger partial charge is 0.417 e. The van der Waals surface area contributed by atoms with Gasteiger partial charge in [-0.25, -0.2) is 8.78 Å². The standard InChI is InChI=1S/C32H34F5N5O2/c1-19-16-42(17-20(2)40(19)3)29-14-27(34)24(22-8-10-41(11-9-22)18-21-4-6-23(33)7-5-21)12-28(29)39-31(44)25-15-38-30(43)13-26(25)32(35,36)37/h4-8,12-15,19-20H,9-11,16-18H2,1-3H3,(H,38,43)(H,39,44)/t19-,20?/m0/s1. The number of alkyl halides is 3. The lowest BCUT2D eigenvalue weighted by Crippen LogP contribution is -2.55. The number of pyridine rings is 1. The highest BCUT2D eigenvalue weighted by Crippen LogP contribution is 2.37. The number of nitrogens with one attached hydrogen (secondary N) is 2. The molecule has 3 aromatic rings. The number of carbonyl (C=O) groups is 1. The van der Waals surface area contributed by atoms with E-state index in [0.29, 0.717) is 56.5 Å². The van der Waals surface area contributed by atoms with E-state index in [2.05, 4.69) is 20.1 Å². The maximum atomic E-state index is 15.8. The molecule has 0 bridgehead atoms. The molecular formula is C32H34F5N5O2. The fraction of sp³-hybridized carbons (Fsp3) is 0.375. The molecule has 12 heteroatoms. The Balaban J connectivity index is 1.48. The Morgan fingerprint density at radius 2 is 1.73 bits per heavy atom. The number of aromatic amines is 1. The predicted molar refractivity (Wildman–Crippen MR) is 160 cm³/mol. The maximum absolute atomic E-state index is 15.8. The average molecular weight is 616 g/mol. The summed E-state index contributed by atoms with van der Waals surface area (Å²) in [6.07, 6.45) is -1.82. The normalized spacial score (nSPS) is 20.0. The van der Waals surface area contributed by atoms with Crippen molar-refractivity contribution < 1.29 is 26.7 Å². The SMILES string of the molecule is CC1CN(c2cc(F)c(C3=CCN(Cc4ccc(F)cc4)CC3)cc2NC(=O)c2c[nH]c(=O)cc2C(F)(F)F)C[C@H](C)N1C. The molecule has 2 aliphatic heterocycles. The van der Waals surface area contributed by atoms with E-state index in [1.807, 2.05) is 31.9 Å². The van der Waals surface area contributed by atoms with Gasteiger partial charge in [-0.2, -0.15) is 13.2 Å². The summed E-state index contributed by atoms with van der Waals surface area (Å²) >= 11 is 0. The number of benzene rings is 2. The summed E-state index contributed by atoms with van der Waals surface area (Å²) in [5.74, 6) is -1.90. The van der Waals surface area contributed by atoms with Crippen LogP contribution >= 0.6 is 0 Å². The summed E-state index contributed by atoms with van der Waals surface area (Å²) in [5.41, 5.74) is -0.666. The van der Waals surface area contributed by atoms with Gasteiger partial charge in [0.2, 0.25) is 5.56 Å². The second-order valence-electron chi connectivity index (χ2n) is 11.5. The Morgan fingerprint density at radius 1 is 1.05 bits per heavy atom. The van der Waals surface area contributed by atoms with E-state index >= 15 is 4.39 Å². The number of piperazine rings is 1. The van der Waals surface area contributed by atoms with Crippen LogP contribution in [0.2, 0.25) is 0 Å². The number of aromatic nitrogens is 1. The van der Waals surface area contributed by atoms with Gasteiger partial charge in [0.05, 0.1) is 22.5 Å². The Bertz CT molecular complexity index is 1610. The van der Waals surface area contributed by atoms with E-state index in [9.17, 15) is 27.2 Å². The Kier molecular flexibility index (Phi) is 8.94. The molecule has 5 rings (SSSR count). The van der Waals surface area contributed by atoms with E-state index in [-0.39, 0.29) is 29.2 Å². The molecule has 3 heterocycles. The molecule has 2 aliphatic rings. The van der Waals surface area contributed by atoms with E-state index in [1.54, 1.807) is 12.1 Å². The number of nitrogens with zero attached hydrogens (tertiary/aromatic N) is 3. The van der Waals surface area contributed by atoms with E-state index in [1.165, 1.54) is 24.3 Å². The maximum Gasteiger partial charge on any atom is 0.417 e. The molecule has 7 nitrogen and oxygen atoms in total. The first-order chi connectivity index (χ1) is 20.8. The molecule has 0 spiro atoms. The van der Waals surface area contributed by atoms with Crippen molar-refractivity contribution in [2.75, 3.05) is 43.4 Å².